The number of ketones is 2. The van der Waals surface area contributed by atoms with Gasteiger partial charge in [-0.1, -0.05) is 11.6 Å². The molecule has 0 bridgehead atoms. The van der Waals surface area contributed by atoms with Crippen molar-refractivity contribution in [1.29, 1.82) is 0 Å². The zero-order valence-electron chi connectivity index (χ0n) is 21.4. The Balaban J connectivity index is 1.82. The molecule has 13 heteroatoms. The lowest BCUT2D eigenvalue weighted by atomic mass is 9.58. The second kappa shape index (κ2) is 9.84. The molecular weight excluding hydrogens is 520 g/mol. The number of rotatable bonds is 7. The number of pyridine rings is 1. The number of carbonyl (C=O) groups is 3. The Morgan fingerprint density at radius 1 is 1.29 bits per heavy atom. The van der Waals surface area contributed by atoms with Crippen LogP contribution in [0.3, 0.4) is 0 Å². The summed E-state index contributed by atoms with van der Waals surface area (Å²) < 4.78 is 5.45. The number of halogens is 1. The molecule has 4 rings (SSSR count). The van der Waals surface area contributed by atoms with Crippen LogP contribution in [-0.2, 0) is 20.7 Å². The minimum absolute atomic E-state index is 0.0127. The number of carbonyl (C=O) groups excluding carboxylic acids is 3. The molecule has 0 spiro atoms. The molecule has 206 valence electrons. The molecule has 1 aromatic heterocycles. The van der Waals surface area contributed by atoms with Crippen molar-refractivity contribution in [3.63, 3.8) is 0 Å². The molecule has 0 saturated carbocycles. The summed E-state index contributed by atoms with van der Waals surface area (Å²) in [5.41, 5.74) is 1.56. The summed E-state index contributed by atoms with van der Waals surface area (Å²) in [6.45, 7) is 4.28. The maximum Gasteiger partial charge on any atom is 0.255 e. The van der Waals surface area contributed by atoms with Crippen LogP contribution in [0.2, 0.25) is 5.15 Å². The van der Waals surface area contributed by atoms with Crippen molar-refractivity contribution in [2.75, 3.05) is 32.6 Å². The van der Waals surface area contributed by atoms with Gasteiger partial charge >= 0.3 is 0 Å². The summed E-state index contributed by atoms with van der Waals surface area (Å²) in [5, 5.41) is 47.5. The van der Waals surface area contributed by atoms with E-state index in [1.165, 1.54) is 4.90 Å². The largest absolute Gasteiger partial charge is 0.510 e. The van der Waals surface area contributed by atoms with Crippen LogP contribution in [0.4, 0.5) is 5.82 Å². The highest BCUT2D eigenvalue weighted by Gasteiger charge is 2.63. The topological polar surface area (TPSA) is 196 Å². The van der Waals surface area contributed by atoms with E-state index < -0.39 is 63.8 Å². The number of aliphatic hydroxyl groups is 3. The van der Waals surface area contributed by atoms with Crippen molar-refractivity contribution < 1.29 is 39.5 Å². The number of allylic oxidation sites excluding steroid dienone is 1. The number of Topliss-reactive ketones (excluding diaryl/α,β-unsaturated/α-hetero) is 2. The maximum atomic E-state index is 13.7. The minimum Gasteiger partial charge on any atom is -0.510 e. The molecule has 0 radical (unpaired) electrons. The second-order valence-corrected chi connectivity index (χ2v) is 10.6. The van der Waals surface area contributed by atoms with E-state index in [0.717, 1.165) is 0 Å². The first-order valence-corrected chi connectivity index (χ1v) is 12.5. The monoisotopic (exact) mass is 550 g/mol. The zero-order valence-corrected chi connectivity index (χ0v) is 22.2. The van der Waals surface area contributed by atoms with Crippen LogP contribution in [0, 0.1) is 11.8 Å². The van der Waals surface area contributed by atoms with E-state index in [1.807, 2.05) is 13.8 Å². The number of nitrogens with two attached hydrogens (primary N) is 1. The standard InChI is InChI=1S/C25H31ClN4O8/c1-9(2)38-6-5-28-24-19(33)14-11(22(26)29-24)7-10-8-12-16(30(3)4)18(32)15(23(27)36)21(35)25(12,37)20(34)13(10)17(14)31/h9-10,12,16,32-34,37H,5-8H2,1-4H3,(H2,27,36)(H,28,29)/t10-,12-,16-,25-/m0/s1. The molecular formula is C25H31ClN4O8. The lowest BCUT2D eigenvalue weighted by Crippen LogP contribution is -2.63. The van der Waals surface area contributed by atoms with Gasteiger partial charge in [0.05, 0.1) is 24.3 Å². The van der Waals surface area contributed by atoms with E-state index in [-0.39, 0.29) is 53.2 Å². The SMILES string of the molecule is CC(C)OCCNc1nc(Cl)c2c(c1O)C(=O)C1=C(O)[C@]3(O)C(=O)C(C(N)=O)=C(O)[C@@H](N(C)C)[C@@H]3C[C@@H]1C2. The van der Waals surface area contributed by atoms with Gasteiger partial charge in [0.15, 0.2) is 23.0 Å². The number of amides is 1. The number of primary amides is 1. The molecule has 7 N–H and O–H groups in total. The number of nitrogens with zero attached hydrogens (tertiary/aromatic N) is 2. The summed E-state index contributed by atoms with van der Waals surface area (Å²) in [7, 11) is 3.12. The van der Waals surface area contributed by atoms with Gasteiger partial charge in [-0.05, 0) is 46.7 Å². The molecule has 1 heterocycles. The predicted octanol–water partition coefficient (Wildman–Crippen LogP) is 1.01. The van der Waals surface area contributed by atoms with Crippen LogP contribution in [0.1, 0.15) is 36.2 Å². The maximum absolute atomic E-state index is 13.7. The Hall–Kier alpha value is -3.19. The third kappa shape index (κ3) is 4.12. The highest BCUT2D eigenvalue weighted by atomic mass is 35.5. The molecule has 0 aliphatic heterocycles. The van der Waals surface area contributed by atoms with Crippen LogP contribution < -0.4 is 11.1 Å². The Bertz CT molecular complexity index is 1290. The molecule has 0 fully saturated rings. The molecule has 0 unspecified atom stereocenters. The highest BCUT2D eigenvalue weighted by Crippen LogP contribution is 2.53. The van der Waals surface area contributed by atoms with Crippen molar-refractivity contribution in [3.8, 4) is 5.75 Å². The first-order valence-electron chi connectivity index (χ1n) is 12.1. The van der Waals surface area contributed by atoms with Gasteiger partial charge in [-0.2, -0.15) is 0 Å². The number of hydrogen-bond donors (Lipinski definition) is 6. The first-order chi connectivity index (χ1) is 17.7. The van der Waals surface area contributed by atoms with Gasteiger partial charge < -0.3 is 36.2 Å². The number of nitrogens with one attached hydrogen (secondary N) is 1. The highest BCUT2D eigenvalue weighted by molar-refractivity contribution is 6.32. The van der Waals surface area contributed by atoms with Crippen molar-refractivity contribution in [3.05, 3.63) is 38.9 Å². The molecule has 3 aliphatic rings. The van der Waals surface area contributed by atoms with Gasteiger partial charge in [-0.3, -0.25) is 19.3 Å². The van der Waals surface area contributed by atoms with Crippen molar-refractivity contribution in [2.45, 2.75) is 44.4 Å². The fourth-order valence-electron chi connectivity index (χ4n) is 5.75. The Morgan fingerprint density at radius 3 is 2.53 bits per heavy atom. The Morgan fingerprint density at radius 2 is 1.95 bits per heavy atom. The summed E-state index contributed by atoms with van der Waals surface area (Å²) in [6.07, 6.45) is 0.0151. The van der Waals surface area contributed by atoms with Crippen LogP contribution in [-0.4, -0.2) is 92.8 Å². The summed E-state index contributed by atoms with van der Waals surface area (Å²) in [6, 6.07) is -1.07. The smallest absolute Gasteiger partial charge is 0.255 e. The number of aromatic hydroxyl groups is 1. The van der Waals surface area contributed by atoms with E-state index in [4.69, 9.17) is 22.1 Å². The van der Waals surface area contributed by atoms with Gasteiger partial charge in [0.2, 0.25) is 5.78 Å². The van der Waals surface area contributed by atoms with E-state index in [1.54, 1.807) is 14.1 Å². The molecule has 4 atom stereocenters. The number of fused-ring (bicyclic) bond motifs is 3. The van der Waals surface area contributed by atoms with Crippen molar-refractivity contribution in [2.24, 2.45) is 17.6 Å². The molecule has 0 aromatic carbocycles. The normalized spacial score (nSPS) is 27.0. The van der Waals surface area contributed by atoms with Gasteiger partial charge in [0.1, 0.15) is 22.2 Å². The quantitative estimate of drug-likeness (QED) is 0.161. The van der Waals surface area contributed by atoms with Crippen LogP contribution in [0.5, 0.6) is 5.75 Å². The van der Waals surface area contributed by atoms with Gasteiger partial charge in [0.25, 0.3) is 5.91 Å². The molecule has 3 aliphatic carbocycles. The van der Waals surface area contributed by atoms with Crippen LogP contribution in [0.25, 0.3) is 0 Å². The van der Waals surface area contributed by atoms with Gasteiger partial charge in [-0.25, -0.2) is 4.98 Å². The average Bonchev–Trinajstić information content (AvgIpc) is 2.81. The summed E-state index contributed by atoms with van der Waals surface area (Å²) >= 11 is 6.42. The summed E-state index contributed by atoms with van der Waals surface area (Å²) in [5.74, 6) is -7.38. The van der Waals surface area contributed by atoms with Gasteiger partial charge in [0, 0.05) is 23.6 Å². The lowest BCUT2D eigenvalue weighted by molar-refractivity contribution is -0.148. The number of aliphatic hydroxyl groups excluding tert-OH is 2. The lowest BCUT2D eigenvalue weighted by Gasteiger charge is -2.50. The molecule has 38 heavy (non-hydrogen) atoms. The molecule has 1 aromatic rings. The Kier molecular flexibility index (Phi) is 7.21. The number of anilines is 1. The van der Waals surface area contributed by atoms with Crippen LogP contribution in [0.15, 0.2) is 22.7 Å². The molecule has 1 amide bonds. The molecule has 0 saturated heterocycles. The fraction of sp³-hybridized carbons (Fsp3) is 0.520. The van der Waals surface area contributed by atoms with E-state index in [0.29, 0.717) is 6.61 Å². The van der Waals surface area contributed by atoms with E-state index >= 15 is 0 Å². The number of likely N-dealkylation sites (N-methyl/N-ethyl adjacent to an activating group) is 1. The number of aromatic nitrogens is 1. The third-order valence-corrected chi connectivity index (χ3v) is 7.70. The Labute approximate surface area is 223 Å². The predicted molar refractivity (Wildman–Crippen MR) is 136 cm³/mol. The number of hydrogen-bond acceptors (Lipinski definition) is 11. The van der Waals surface area contributed by atoms with Crippen molar-refractivity contribution in [1.82, 2.24) is 9.88 Å². The minimum atomic E-state index is -2.70. The van der Waals surface area contributed by atoms with Gasteiger partial charge in [-0.15, -0.1) is 0 Å². The second-order valence-electron chi connectivity index (χ2n) is 10.3. The number of ether oxygens (including phenoxy) is 1. The zero-order chi connectivity index (χ0) is 28.3. The third-order valence-electron chi connectivity index (χ3n) is 7.38. The first kappa shape index (κ1) is 27.8. The molecule has 12 nitrogen and oxygen atoms in total. The van der Waals surface area contributed by atoms with Crippen molar-refractivity contribution >= 4 is 34.9 Å². The summed E-state index contributed by atoms with van der Waals surface area (Å²) in [4.78, 5) is 44.8. The fourth-order valence-corrected chi connectivity index (χ4v) is 6.01. The van der Waals surface area contributed by atoms with E-state index in [9.17, 15) is 34.8 Å². The van der Waals surface area contributed by atoms with Crippen LogP contribution >= 0.6 is 11.6 Å². The van der Waals surface area contributed by atoms with E-state index in [2.05, 4.69) is 10.3 Å². The average molecular weight is 551 g/mol.